The Morgan fingerprint density at radius 2 is 1.83 bits per heavy atom. The van der Waals surface area contributed by atoms with Gasteiger partial charge in [-0.1, -0.05) is 19.8 Å². The van der Waals surface area contributed by atoms with Crippen LogP contribution in [0.2, 0.25) is 0 Å². The molecule has 0 saturated carbocycles. The van der Waals surface area contributed by atoms with Crippen LogP contribution in [0.3, 0.4) is 0 Å². The predicted octanol–water partition coefficient (Wildman–Crippen LogP) is 3.43. The summed E-state index contributed by atoms with van der Waals surface area (Å²) in [5.41, 5.74) is 5.53. The quantitative estimate of drug-likeness (QED) is 0.790. The summed E-state index contributed by atoms with van der Waals surface area (Å²) in [7, 11) is 0. The van der Waals surface area contributed by atoms with Crippen molar-refractivity contribution in [2.24, 2.45) is 11.7 Å². The summed E-state index contributed by atoms with van der Waals surface area (Å²) >= 11 is 0. The number of nitrogens with zero attached hydrogens (tertiary/aromatic N) is 2. The van der Waals surface area contributed by atoms with Crippen LogP contribution >= 0.6 is 12.4 Å². The van der Waals surface area contributed by atoms with Crippen molar-refractivity contribution in [3.63, 3.8) is 0 Å². The van der Waals surface area contributed by atoms with E-state index in [1.54, 1.807) is 0 Å². The summed E-state index contributed by atoms with van der Waals surface area (Å²) in [6.07, 6.45) is 9.45. The Bertz CT molecular complexity index is 381. The van der Waals surface area contributed by atoms with E-state index in [1.165, 1.54) is 38.8 Å². The average Bonchev–Trinajstić information content (AvgIpc) is 2.54. The third-order valence-electron chi connectivity index (χ3n) is 5.92. The van der Waals surface area contributed by atoms with E-state index in [0.29, 0.717) is 0 Å². The first-order valence-electron chi connectivity index (χ1n) is 9.76. The van der Waals surface area contributed by atoms with Gasteiger partial charge in [0.2, 0.25) is 5.91 Å². The number of nitrogens with two attached hydrogens (primary N) is 1. The molecule has 2 unspecified atom stereocenters. The van der Waals surface area contributed by atoms with E-state index in [9.17, 15) is 4.79 Å². The van der Waals surface area contributed by atoms with Crippen molar-refractivity contribution in [2.75, 3.05) is 26.2 Å². The molecule has 1 amide bonds. The van der Waals surface area contributed by atoms with Gasteiger partial charge in [0.15, 0.2) is 0 Å². The maximum atomic E-state index is 12.6. The second-order valence-electron chi connectivity index (χ2n) is 8.07. The first kappa shape index (κ1) is 21.7. The van der Waals surface area contributed by atoms with Gasteiger partial charge in [0.25, 0.3) is 0 Å². The van der Waals surface area contributed by atoms with E-state index in [0.717, 1.165) is 50.7 Å². The van der Waals surface area contributed by atoms with Crippen LogP contribution in [-0.2, 0) is 4.79 Å². The van der Waals surface area contributed by atoms with Gasteiger partial charge in [-0.25, -0.2) is 0 Å². The van der Waals surface area contributed by atoms with Crippen LogP contribution in [0.25, 0.3) is 0 Å². The first-order chi connectivity index (χ1) is 10.9. The highest BCUT2D eigenvalue weighted by Gasteiger charge is 2.33. The maximum Gasteiger partial charge on any atom is 0.242 e. The molecule has 2 fully saturated rings. The Kier molecular flexibility index (Phi) is 9.03. The van der Waals surface area contributed by atoms with E-state index in [1.807, 2.05) is 11.8 Å². The zero-order chi connectivity index (χ0) is 16.9. The Morgan fingerprint density at radius 1 is 1.17 bits per heavy atom. The molecule has 4 nitrogen and oxygen atoms in total. The lowest BCUT2D eigenvalue weighted by Gasteiger charge is -2.38. The van der Waals surface area contributed by atoms with E-state index >= 15 is 0 Å². The summed E-state index contributed by atoms with van der Waals surface area (Å²) < 4.78 is 0. The minimum Gasteiger partial charge on any atom is -0.341 e. The van der Waals surface area contributed by atoms with Crippen molar-refractivity contribution in [3.8, 4) is 0 Å². The Morgan fingerprint density at radius 3 is 2.42 bits per heavy atom. The highest BCUT2D eigenvalue weighted by atomic mass is 35.5. The van der Waals surface area contributed by atoms with E-state index in [4.69, 9.17) is 5.73 Å². The van der Waals surface area contributed by atoms with Crippen LogP contribution in [0.4, 0.5) is 0 Å². The molecular formula is C19H38ClN3O. The number of rotatable bonds is 6. The summed E-state index contributed by atoms with van der Waals surface area (Å²) in [5, 5.41) is 0. The van der Waals surface area contributed by atoms with Gasteiger partial charge in [0.1, 0.15) is 0 Å². The molecule has 0 aliphatic carbocycles. The van der Waals surface area contributed by atoms with Crippen LogP contribution in [0.1, 0.15) is 72.1 Å². The number of carbonyl (C=O) groups excluding carboxylic acids is 1. The van der Waals surface area contributed by atoms with E-state index < -0.39 is 5.54 Å². The fourth-order valence-corrected chi connectivity index (χ4v) is 4.25. The second kappa shape index (κ2) is 9.98. The molecule has 0 aromatic heterocycles. The molecule has 2 aliphatic rings. The fraction of sp³-hybridized carbons (Fsp3) is 0.947. The topological polar surface area (TPSA) is 49.6 Å². The number of carbonyl (C=O) groups is 1. The van der Waals surface area contributed by atoms with E-state index in [-0.39, 0.29) is 18.3 Å². The van der Waals surface area contributed by atoms with Crippen LogP contribution < -0.4 is 5.73 Å². The molecule has 2 atom stereocenters. The van der Waals surface area contributed by atoms with Gasteiger partial charge < -0.3 is 15.5 Å². The lowest BCUT2D eigenvalue weighted by atomic mass is 9.90. The lowest BCUT2D eigenvalue weighted by molar-refractivity contribution is -0.138. The Labute approximate surface area is 154 Å². The molecule has 0 aromatic rings. The van der Waals surface area contributed by atoms with Gasteiger partial charge in [-0.05, 0) is 71.4 Å². The summed E-state index contributed by atoms with van der Waals surface area (Å²) in [6.45, 7) is 10.7. The van der Waals surface area contributed by atoms with Crippen molar-refractivity contribution in [2.45, 2.75) is 83.7 Å². The van der Waals surface area contributed by atoms with Gasteiger partial charge in [-0.2, -0.15) is 0 Å². The van der Waals surface area contributed by atoms with E-state index in [2.05, 4.69) is 18.7 Å². The van der Waals surface area contributed by atoms with Crippen molar-refractivity contribution in [1.82, 2.24) is 9.80 Å². The first-order valence-corrected chi connectivity index (χ1v) is 9.76. The molecular weight excluding hydrogens is 322 g/mol. The minimum absolute atomic E-state index is 0. The van der Waals surface area contributed by atoms with Crippen molar-refractivity contribution in [3.05, 3.63) is 0 Å². The van der Waals surface area contributed by atoms with Crippen LogP contribution in [0.5, 0.6) is 0 Å². The number of likely N-dealkylation sites (tertiary alicyclic amines) is 2. The molecule has 5 heteroatoms. The van der Waals surface area contributed by atoms with Crippen LogP contribution in [-0.4, -0.2) is 53.5 Å². The molecule has 142 valence electrons. The number of hydrogen-bond donors (Lipinski definition) is 1. The van der Waals surface area contributed by atoms with Crippen LogP contribution in [0, 0.1) is 5.92 Å². The standard InChI is InChI=1S/C19H37N3O.ClH/c1-4-11-19(3,20)18(23)22-14-9-17(10-15-22)8-13-21-12-6-5-7-16(21)2;/h16-17H,4-15,20H2,1-3H3;1H. The molecule has 0 radical (unpaired) electrons. The zero-order valence-corrected chi connectivity index (χ0v) is 16.7. The monoisotopic (exact) mass is 359 g/mol. The molecule has 0 bridgehead atoms. The fourth-order valence-electron chi connectivity index (χ4n) is 4.25. The molecule has 0 aromatic carbocycles. The minimum atomic E-state index is -0.676. The number of amides is 1. The summed E-state index contributed by atoms with van der Waals surface area (Å²) in [4.78, 5) is 17.2. The third kappa shape index (κ3) is 5.89. The van der Waals surface area contributed by atoms with Gasteiger partial charge in [0, 0.05) is 19.1 Å². The summed E-state index contributed by atoms with van der Waals surface area (Å²) in [6, 6.07) is 0.761. The van der Waals surface area contributed by atoms with Gasteiger partial charge in [-0.15, -0.1) is 12.4 Å². The van der Waals surface area contributed by atoms with Crippen LogP contribution in [0.15, 0.2) is 0 Å². The van der Waals surface area contributed by atoms with Gasteiger partial charge in [0.05, 0.1) is 5.54 Å². The van der Waals surface area contributed by atoms with Gasteiger partial charge in [-0.3, -0.25) is 4.79 Å². The largest absolute Gasteiger partial charge is 0.341 e. The average molecular weight is 360 g/mol. The maximum absolute atomic E-state index is 12.6. The molecule has 2 heterocycles. The molecule has 2 N–H and O–H groups in total. The Balaban J connectivity index is 0.00000288. The highest BCUT2D eigenvalue weighted by Crippen LogP contribution is 2.25. The third-order valence-corrected chi connectivity index (χ3v) is 5.92. The molecule has 2 aliphatic heterocycles. The second-order valence-corrected chi connectivity index (χ2v) is 8.07. The Hall–Kier alpha value is -0.320. The summed E-state index contributed by atoms with van der Waals surface area (Å²) in [5.74, 6) is 0.936. The van der Waals surface area contributed by atoms with Gasteiger partial charge >= 0.3 is 0 Å². The predicted molar refractivity (Wildman–Crippen MR) is 104 cm³/mol. The number of piperidine rings is 2. The number of hydrogen-bond acceptors (Lipinski definition) is 3. The molecule has 0 spiro atoms. The normalized spacial score (nSPS) is 25.8. The van der Waals surface area contributed by atoms with Crippen molar-refractivity contribution in [1.29, 1.82) is 0 Å². The number of halogens is 1. The molecule has 2 saturated heterocycles. The highest BCUT2D eigenvalue weighted by molar-refractivity contribution is 5.86. The lowest BCUT2D eigenvalue weighted by Crippen LogP contribution is -2.55. The van der Waals surface area contributed by atoms with Crippen molar-refractivity contribution >= 4 is 18.3 Å². The SMILES string of the molecule is CCCC(C)(N)C(=O)N1CCC(CCN2CCCCC2C)CC1.Cl. The molecule has 2 rings (SSSR count). The molecule has 24 heavy (non-hydrogen) atoms. The zero-order valence-electron chi connectivity index (χ0n) is 15.9. The van der Waals surface area contributed by atoms with Crippen molar-refractivity contribution < 1.29 is 4.79 Å². The smallest absolute Gasteiger partial charge is 0.242 e.